The van der Waals surface area contributed by atoms with Crippen LogP contribution in [0.1, 0.15) is 151 Å². The van der Waals surface area contributed by atoms with Gasteiger partial charge in [0.1, 0.15) is 0 Å². The third-order valence-electron chi connectivity index (χ3n) is 5.74. The minimum Gasteiger partial charge on any atom is -0.0856 e. The number of hydrogen-bond acceptors (Lipinski definition) is 0. The van der Waals surface area contributed by atoms with Gasteiger partial charge in [-0.05, 0) is 117 Å². The Morgan fingerprint density at radius 2 is 0.919 bits per heavy atom. The van der Waals surface area contributed by atoms with Gasteiger partial charge in [0.25, 0.3) is 0 Å². The van der Waals surface area contributed by atoms with Crippen LogP contribution in [0.5, 0.6) is 0 Å². The van der Waals surface area contributed by atoms with Gasteiger partial charge in [-0.2, -0.15) is 0 Å². The van der Waals surface area contributed by atoms with E-state index in [2.05, 4.69) is 91.8 Å². The molecule has 1 aromatic carbocycles. The highest BCUT2D eigenvalue weighted by Crippen LogP contribution is 2.18. The second-order valence-electron chi connectivity index (χ2n) is 9.12. The fourth-order valence-corrected chi connectivity index (χ4v) is 3.61. The summed E-state index contributed by atoms with van der Waals surface area (Å²) in [4.78, 5) is 0. The molecule has 0 N–H and O–H groups in total. The summed E-state index contributed by atoms with van der Waals surface area (Å²) in [7, 11) is 0. The molecular formula is C37H68. The normalized spacial score (nSPS) is 10.9. The maximum Gasteiger partial charge on any atom is -0.00920 e. The Morgan fingerprint density at radius 3 is 1.32 bits per heavy atom. The molecule has 0 nitrogen and oxygen atoms in total. The van der Waals surface area contributed by atoms with Crippen LogP contribution in [0.25, 0.3) is 0 Å². The molecule has 0 aromatic heterocycles. The summed E-state index contributed by atoms with van der Waals surface area (Å²) in [5.74, 6) is 0. The molecule has 0 heteroatoms. The first-order valence-electron chi connectivity index (χ1n) is 15.4. The van der Waals surface area contributed by atoms with Gasteiger partial charge in [0.05, 0.1) is 0 Å². The molecule has 0 saturated carbocycles. The summed E-state index contributed by atoms with van der Waals surface area (Å²) in [5.41, 5.74) is 11.7. The van der Waals surface area contributed by atoms with Crippen molar-refractivity contribution in [1.29, 1.82) is 0 Å². The smallest absolute Gasteiger partial charge is 0.00920 e. The predicted molar refractivity (Wildman–Crippen MR) is 178 cm³/mol. The van der Waals surface area contributed by atoms with Crippen molar-refractivity contribution in [3.8, 4) is 0 Å². The highest BCUT2D eigenvalue weighted by molar-refractivity contribution is 5.38. The largest absolute Gasteiger partial charge is 0.0856 e. The van der Waals surface area contributed by atoms with E-state index in [0.29, 0.717) is 0 Å². The standard InChI is InChI=1S/C29H44.4C2H6/c1-22(2)12-9-13-23(3)14-10-15-24(4)16-11-17-25(5)18-19-29-21-26(6)20-27(7)28(29)8;4*1-2/h12,14,16,18,20-21H,9-11,13,15,17,19H2,1-8H3;4*1-2H3/b23-14+,24-16+,25-18+;;;;. The predicted octanol–water partition coefficient (Wildman–Crippen LogP) is 13.4. The van der Waals surface area contributed by atoms with Crippen molar-refractivity contribution in [2.24, 2.45) is 0 Å². The Labute approximate surface area is 236 Å². The number of benzene rings is 1. The molecule has 0 bridgehead atoms. The number of rotatable bonds is 11. The zero-order valence-corrected chi connectivity index (χ0v) is 28.4. The minimum absolute atomic E-state index is 1.06. The monoisotopic (exact) mass is 513 g/mol. The van der Waals surface area contributed by atoms with Gasteiger partial charge in [0, 0.05) is 0 Å². The average Bonchev–Trinajstić information content (AvgIpc) is 2.90. The van der Waals surface area contributed by atoms with E-state index in [-0.39, 0.29) is 0 Å². The van der Waals surface area contributed by atoms with Crippen molar-refractivity contribution in [1.82, 2.24) is 0 Å². The van der Waals surface area contributed by atoms with E-state index in [0.717, 1.165) is 12.8 Å². The van der Waals surface area contributed by atoms with E-state index in [1.807, 2.05) is 55.4 Å². The van der Waals surface area contributed by atoms with Crippen molar-refractivity contribution in [2.45, 2.75) is 156 Å². The Morgan fingerprint density at radius 1 is 0.541 bits per heavy atom. The van der Waals surface area contributed by atoms with Crippen molar-refractivity contribution < 1.29 is 0 Å². The number of aryl methyl sites for hydroxylation is 2. The van der Waals surface area contributed by atoms with Crippen LogP contribution in [0.3, 0.4) is 0 Å². The molecule has 0 aliphatic rings. The summed E-state index contributed by atoms with van der Waals surface area (Å²) in [6.07, 6.45) is 17.7. The Hall–Kier alpha value is -1.82. The van der Waals surface area contributed by atoms with Gasteiger partial charge in [-0.1, -0.05) is 120 Å². The molecule has 0 aliphatic heterocycles. The lowest BCUT2D eigenvalue weighted by molar-refractivity contribution is 0.898. The molecule has 0 fully saturated rings. The third kappa shape index (κ3) is 25.6. The lowest BCUT2D eigenvalue weighted by Crippen LogP contribution is -1.93. The van der Waals surface area contributed by atoms with Gasteiger partial charge in [-0.15, -0.1) is 0 Å². The molecule has 0 radical (unpaired) electrons. The first-order valence-corrected chi connectivity index (χ1v) is 15.4. The molecule has 1 rings (SSSR count). The van der Waals surface area contributed by atoms with E-state index in [1.165, 1.54) is 76.7 Å². The summed E-state index contributed by atoms with van der Waals surface area (Å²) >= 11 is 0. The van der Waals surface area contributed by atoms with Gasteiger partial charge in [-0.25, -0.2) is 0 Å². The van der Waals surface area contributed by atoms with Crippen molar-refractivity contribution in [3.63, 3.8) is 0 Å². The third-order valence-corrected chi connectivity index (χ3v) is 5.74. The maximum atomic E-state index is 2.44. The molecule has 0 aliphatic carbocycles. The molecular weight excluding hydrogens is 444 g/mol. The van der Waals surface area contributed by atoms with Gasteiger partial charge in [0.15, 0.2) is 0 Å². The zero-order chi connectivity index (χ0) is 29.8. The Kier molecular flexibility index (Phi) is 34.7. The Balaban J connectivity index is -0.000000617. The summed E-state index contributed by atoms with van der Waals surface area (Å²) < 4.78 is 0. The van der Waals surface area contributed by atoms with E-state index in [9.17, 15) is 0 Å². The molecule has 0 unspecified atom stereocenters. The van der Waals surface area contributed by atoms with E-state index in [1.54, 1.807) is 0 Å². The maximum absolute atomic E-state index is 2.44. The molecule has 37 heavy (non-hydrogen) atoms. The van der Waals surface area contributed by atoms with Crippen LogP contribution < -0.4 is 0 Å². The fraction of sp³-hybridized carbons (Fsp3) is 0.622. The van der Waals surface area contributed by atoms with Crippen LogP contribution in [-0.2, 0) is 6.42 Å². The van der Waals surface area contributed by atoms with Crippen LogP contribution in [0.15, 0.2) is 58.7 Å². The Bertz CT molecular complexity index is 761. The molecule has 1 aromatic rings. The lowest BCUT2D eigenvalue weighted by Gasteiger charge is -2.09. The second-order valence-corrected chi connectivity index (χ2v) is 9.12. The van der Waals surface area contributed by atoms with Crippen molar-refractivity contribution in [3.05, 3.63) is 81.0 Å². The van der Waals surface area contributed by atoms with E-state index in [4.69, 9.17) is 0 Å². The molecule has 0 atom stereocenters. The number of hydrogen-bond donors (Lipinski definition) is 0. The van der Waals surface area contributed by atoms with Crippen molar-refractivity contribution >= 4 is 0 Å². The summed E-state index contributed by atoms with van der Waals surface area (Å²) in [5, 5.41) is 0. The topological polar surface area (TPSA) is 0 Å². The van der Waals surface area contributed by atoms with E-state index < -0.39 is 0 Å². The minimum atomic E-state index is 1.06. The molecule has 216 valence electrons. The molecule has 0 spiro atoms. The van der Waals surface area contributed by atoms with Crippen LogP contribution in [0.4, 0.5) is 0 Å². The summed E-state index contributed by atoms with van der Waals surface area (Å²) in [6, 6.07) is 4.62. The highest BCUT2D eigenvalue weighted by Gasteiger charge is 2.02. The zero-order valence-electron chi connectivity index (χ0n) is 28.4. The quantitative estimate of drug-likeness (QED) is 0.259. The average molecular weight is 513 g/mol. The number of allylic oxidation sites excluding steroid dienone is 8. The first kappa shape index (κ1) is 42.3. The SMILES string of the molecule is CC.CC.CC.CC.CC(C)=CCC/C(C)=C/CC/C(C)=C/CC/C(C)=C/Cc1cc(C)cc(C)c1C. The summed E-state index contributed by atoms with van der Waals surface area (Å²) in [6.45, 7) is 33.8. The van der Waals surface area contributed by atoms with Gasteiger partial charge >= 0.3 is 0 Å². The molecule has 0 heterocycles. The van der Waals surface area contributed by atoms with Crippen molar-refractivity contribution in [2.75, 3.05) is 0 Å². The van der Waals surface area contributed by atoms with E-state index >= 15 is 0 Å². The van der Waals surface area contributed by atoms with Gasteiger partial charge < -0.3 is 0 Å². The van der Waals surface area contributed by atoms with Crippen LogP contribution in [0.2, 0.25) is 0 Å². The van der Waals surface area contributed by atoms with Crippen LogP contribution in [0, 0.1) is 20.8 Å². The molecule has 0 amide bonds. The van der Waals surface area contributed by atoms with Gasteiger partial charge in [-0.3, -0.25) is 0 Å². The fourth-order valence-electron chi connectivity index (χ4n) is 3.61. The second kappa shape index (κ2) is 30.4. The highest BCUT2D eigenvalue weighted by atomic mass is 14.1. The molecule has 0 saturated heterocycles. The first-order chi connectivity index (χ1) is 17.7. The van der Waals surface area contributed by atoms with Gasteiger partial charge in [0.2, 0.25) is 0 Å². The van der Waals surface area contributed by atoms with Crippen LogP contribution >= 0.6 is 0 Å². The van der Waals surface area contributed by atoms with Crippen LogP contribution in [-0.4, -0.2) is 0 Å². The lowest BCUT2D eigenvalue weighted by atomic mass is 9.97.